The molecule has 0 fully saturated rings. The molecule has 3 aromatic carbocycles. The van der Waals surface area contributed by atoms with E-state index in [4.69, 9.17) is 26.3 Å². The van der Waals surface area contributed by atoms with E-state index in [0.29, 0.717) is 19.4 Å². The smallest absolute Gasteiger partial charge is 0.220 e. The van der Waals surface area contributed by atoms with E-state index in [1.54, 1.807) is 0 Å². The summed E-state index contributed by atoms with van der Waals surface area (Å²) in [6.07, 6.45) is 10.7. The second-order valence-corrected chi connectivity index (χ2v) is 13.0. The number of benzene rings is 3. The van der Waals surface area contributed by atoms with Crippen LogP contribution in [0.1, 0.15) is 67.3 Å². The van der Waals surface area contributed by atoms with E-state index in [0.717, 1.165) is 107 Å². The van der Waals surface area contributed by atoms with Gasteiger partial charge in [0.2, 0.25) is 5.91 Å². The van der Waals surface area contributed by atoms with Gasteiger partial charge in [0.05, 0.1) is 23.3 Å². The van der Waals surface area contributed by atoms with E-state index >= 15 is 0 Å². The molecular formula is C39H43Cl3N4O2. The third-order valence-electron chi connectivity index (χ3n) is 9.31. The van der Waals surface area contributed by atoms with Gasteiger partial charge in [-0.2, -0.15) is 0 Å². The van der Waals surface area contributed by atoms with Gasteiger partial charge in [-0.25, -0.2) is 4.98 Å². The fourth-order valence-corrected chi connectivity index (χ4v) is 7.11. The number of hydrogen-bond donors (Lipinski definition) is 2. The van der Waals surface area contributed by atoms with Crippen molar-refractivity contribution < 1.29 is 9.53 Å². The highest BCUT2D eigenvalue weighted by Gasteiger charge is 2.21. The van der Waals surface area contributed by atoms with Crippen molar-refractivity contribution in [3.05, 3.63) is 94.1 Å². The first-order valence-corrected chi connectivity index (χ1v) is 17.3. The number of anilines is 1. The van der Waals surface area contributed by atoms with E-state index in [1.807, 2.05) is 18.2 Å². The average Bonchev–Trinajstić information content (AvgIpc) is 3.09. The van der Waals surface area contributed by atoms with Gasteiger partial charge in [-0.15, -0.1) is 24.8 Å². The third-order valence-corrected chi connectivity index (χ3v) is 9.54. The molecular weight excluding hydrogens is 663 g/mol. The number of aromatic nitrogens is 2. The van der Waals surface area contributed by atoms with Gasteiger partial charge in [0.1, 0.15) is 5.75 Å². The molecule has 1 aliphatic carbocycles. The van der Waals surface area contributed by atoms with Crippen LogP contribution < -0.4 is 15.4 Å². The van der Waals surface area contributed by atoms with E-state index < -0.39 is 0 Å². The quantitative estimate of drug-likeness (QED) is 0.134. The number of halogens is 3. The number of pyridine rings is 2. The fourth-order valence-electron chi connectivity index (χ4n) is 6.95. The average molecular weight is 706 g/mol. The SMILES string of the molecule is Cl.Cl.O=C(CCc1ccc2nc(-c3ccccc3)c3c(c2c1)OCCC3)NCCCCCNc1c2c(nc3cc(Cl)ccc13)CCCC2. The van der Waals surface area contributed by atoms with E-state index in [-0.39, 0.29) is 30.7 Å². The van der Waals surface area contributed by atoms with Gasteiger partial charge in [0.15, 0.2) is 0 Å². The number of unbranched alkanes of at least 4 members (excludes halogenated alkanes) is 2. The maximum atomic E-state index is 12.7. The zero-order valence-electron chi connectivity index (χ0n) is 27.2. The molecule has 0 atom stereocenters. The Hall–Kier alpha value is -3.58. The number of fused-ring (bicyclic) bond motifs is 5. The number of ether oxygens (including phenoxy) is 1. The largest absolute Gasteiger partial charge is 0.493 e. The lowest BCUT2D eigenvalue weighted by molar-refractivity contribution is -0.121. The molecule has 0 saturated carbocycles. The summed E-state index contributed by atoms with van der Waals surface area (Å²) < 4.78 is 6.21. The highest BCUT2D eigenvalue weighted by molar-refractivity contribution is 6.31. The number of nitrogens with zero attached hydrogens (tertiary/aromatic N) is 2. The summed E-state index contributed by atoms with van der Waals surface area (Å²) in [6, 6.07) is 22.7. The number of nitrogens with one attached hydrogen (secondary N) is 2. The molecule has 48 heavy (non-hydrogen) atoms. The van der Waals surface area contributed by atoms with Crippen LogP contribution in [0.25, 0.3) is 33.1 Å². The highest BCUT2D eigenvalue weighted by atomic mass is 35.5. The van der Waals surface area contributed by atoms with Crippen LogP contribution in [0.15, 0.2) is 66.7 Å². The Morgan fingerprint density at radius 1 is 0.792 bits per heavy atom. The molecule has 0 unspecified atom stereocenters. The van der Waals surface area contributed by atoms with Crippen LogP contribution in [0, 0.1) is 0 Å². The number of carbonyl (C=O) groups excluding carboxylic acids is 1. The normalized spacial score (nSPS) is 13.4. The topological polar surface area (TPSA) is 76.1 Å². The molecule has 1 amide bonds. The number of rotatable bonds is 11. The zero-order chi connectivity index (χ0) is 31.3. The van der Waals surface area contributed by atoms with Crippen LogP contribution in [-0.4, -0.2) is 35.6 Å². The lowest BCUT2D eigenvalue weighted by atomic mass is 9.92. The van der Waals surface area contributed by atoms with Crippen LogP contribution in [-0.2, 0) is 30.5 Å². The zero-order valence-corrected chi connectivity index (χ0v) is 29.5. The highest BCUT2D eigenvalue weighted by Crippen LogP contribution is 2.39. The van der Waals surface area contributed by atoms with E-state index in [2.05, 4.69) is 59.2 Å². The minimum Gasteiger partial charge on any atom is -0.493 e. The maximum absolute atomic E-state index is 12.7. The minimum absolute atomic E-state index is 0. The van der Waals surface area contributed by atoms with Crippen LogP contribution in [0.2, 0.25) is 5.02 Å². The number of amides is 1. The monoisotopic (exact) mass is 704 g/mol. The molecule has 252 valence electrons. The predicted molar refractivity (Wildman–Crippen MR) is 203 cm³/mol. The van der Waals surface area contributed by atoms with Crippen molar-refractivity contribution in [1.29, 1.82) is 0 Å². The number of hydrogen-bond acceptors (Lipinski definition) is 5. The van der Waals surface area contributed by atoms with E-state index in [1.165, 1.54) is 35.3 Å². The Kier molecular flexibility index (Phi) is 12.4. The van der Waals surface area contributed by atoms with Crippen molar-refractivity contribution >= 4 is 69.8 Å². The lowest BCUT2D eigenvalue weighted by Crippen LogP contribution is -2.24. The molecule has 2 N–H and O–H groups in total. The summed E-state index contributed by atoms with van der Waals surface area (Å²) in [6.45, 7) is 2.33. The fraction of sp³-hybridized carbons (Fsp3) is 0.359. The van der Waals surface area contributed by atoms with Crippen LogP contribution in [0.3, 0.4) is 0 Å². The lowest BCUT2D eigenvalue weighted by Gasteiger charge is -2.22. The molecule has 0 radical (unpaired) electrons. The molecule has 5 aromatic rings. The summed E-state index contributed by atoms with van der Waals surface area (Å²) in [5.74, 6) is 1.06. The molecule has 1 aliphatic heterocycles. The van der Waals surface area contributed by atoms with Gasteiger partial charge in [0, 0.05) is 57.8 Å². The number of carbonyl (C=O) groups is 1. The first-order chi connectivity index (χ1) is 22.6. The Morgan fingerprint density at radius 3 is 2.48 bits per heavy atom. The van der Waals surface area contributed by atoms with Crippen molar-refractivity contribution in [3.63, 3.8) is 0 Å². The summed E-state index contributed by atoms with van der Waals surface area (Å²) in [5.41, 5.74) is 10.2. The van der Waals surface area contributed by atoms with Crippen LogP contribution in [0.4, 0.5) is 5.69 Å². The Bertz CT molecular complexity index is 1880. The third kappa shape index (κ3) is 7.99. The molecule has 3 heterocycles. The first-order valence-electron chi connectivity index (χ1n) is 16.9. The van der Waals surface area contributed by atoms with Crippen LogP contribution in [0.5, 0.6) is 5.75 Å². The van der Waals surface area contributed by atoms with Crippen molar-refractivity contribution in [1.82, 2.24) is 15.3 Å². The molecule has 6 nitrogen and oxygen atoms in total. The minimum atomic E-state index is 0. The summed E-state index contributed by atoms with van der Waals surface area (Å²) in [7, 11) is 0. The Balaban J connectivity index is 0.00000225. The maximum Gasteiger partial charge on any atom is 0.220 e. The Labute approximate surface area is 300 Å². The Morgan fingerprint density at radius 2 is 1.60 bits per heavy atom. The van der Waals surface area contributed by atoms with Gasteiger partial charge in [-0.1, -0.05) is 48.0 Å². The first kappa shape index (κ1) is 35.7. The molecule has 9 heteroatoms. The standard InChI is InChI=1S/C39H41ClN4O2.2ClH/c40-28-17-18-30-35(25-28)43-33-14-6-5-12-29(33)38(30)42-22-8-2-7-21-41-36(45)20-16-26-15-19-34-32(24-26)39-31(13-9-23-46-39)37(44-34)27-10-3-1-4-11-27;;/h1,3-4,10-11,15,17-19,24-25H,2,5-9,12-14,16,20-23H2,(H,41,45)(H,42,43);2*1H. The van der Waals surface area contributed by atoms with Gasteiger partial charge < -0.3 is 15.4 Å². The van der Waals surface area contributed by atoms with Crippen molar-refractivity contribution in [2.75, 3.05) is 25.0 Å². The molecule has 0 bridgehead atoms. The van der Waals surface area contributed by atoms with Crippen molar-refractivity contribution in [3.8, 4) is 17.0 Å². The summed E-state index contributed by atoms with van der Waals surface area (Å²) in [4.78, 5) is 22.7. The summed E-state index contributed by atoms with van der Waals surface area (Å²) in [5, 5.41) is 9.79. The second kappa shape index (κ2) is 16.7. The van der Waals surface area contributed by atoms with Gasteiger partial charge >= 0.3 is 0 Å². The van der Waals surface area contributed by atoms with Crippen molar-refractivity contribution in [2.24, 2.45) is 0 Å². The van der Waals surface area contributed by atoms with Gasteiger partial charge in [-0.05, 0) is 106 Å². The number of aryl methyl sites for hydroxylation is 2. The molecule has 0 saturated heterocycles. The molecule has 2 aromatic heterocycles. The molecule has 7 rings (SSSR count). The molecule has 0 spiro atoms. The second-order valence-electron chi connectivity index (χ2n) is 12.6. The van der Waals surface area contributed by atoms with Crippen molar-refractivity contribution in [2.45, 2.75) is 70.6 Å². The predicted octanol–water partition coefficient (Wildman–Crippen LogP) is 9.48. The summed E-state index contributed by atoms with van der Waals surface area (Å²) >= 11 is 6.27. The van der Waals surface area contributed by atoms with E-state index in [9.17, 15) is 4.79 Å². The van der Waals surface area contributed by atoms with Gasteiger partial charge in [-0.3, -0.25) is 9.78 Å². The molecule has 2 aliphatic rings. The van der Waals surface area contributed by atoms with Crippen LogP contribution >= 0.6 is 36.4 Å². The van der Waals surface area contributed by atoms with Gasteiger partial charge in [0.25, 0.3) is 0 Å².